The zero-order valence-corrected chi connectivity index (χ0v) is 12.7. The van der Waals surface area contributed by atoms with Crippen LogP contribution in [-0.4, -0.2) is 10.9 Å². The van der Waals surface area contributed by atoms with Gasteiger partial charge in [0.1, 0.15) is 0 Å². The third kappa shape index (κ3) is 3.65. The van der Waals surface area contributed by atoms with E-state index in [1.165, 1.54) is 0 Å². The fourth-order valence-electron chi connectivity index (χ4n) is 1.87. The van der Waals surface area contributed by atoms with Gasteiger partial charge in [0.2, 0.25) is 0 Å². The van der Waals surface area contributed by atoms with Crippen molar-refractivity contribution in [1.29, 1.82) is 0 Å². The van der Waals surface area contributed by atoms with E-state index in [1.54, 1.807) is 18.3 Å². The molecule has 20 heavy (non-hydrogen) atoms. The van der Waals surface area contributed by atoms with Gasteiger partial charge in [0.15, 0.2) is 0 Å². The fourth-order valence-corrected chi connectivity index (χ4v) is 2.29. The van der Waals surface area contributed by atoms with Crippen molar-refractivity contribution in [2.24, 2.45) is 5.73 Å². The maximum Gasteiger partial charge on any atom is 0.251 e. The second-order valence-corrected chi connectivity index (χ2v) is 5.41. The Kier molecular flexibility index (Phi) is 4.87. The Balaban J connectivity index is 2.10. The topological polar surface area (TPSA) is 68.0 Å². The van der Waals surface area contributed by atoms with E-state index in [0.29, 0.717) is 17.8 Å². The Morgan fingerprint density at radius 1 is 1.40 bits per heavy atom. The molecule has 0 aliphatic rings. The maximum absolute atomic E-state index is 12.2. The Morgan fingerprint density at radius 3 is 2.90 bits per heavy atom. The van der Waals surface area contributed by atoms with Gasteiger partial charge >= 0.3 is 0 Å². The number of rotatable bonds is 4. The predicted molar refractivity (Wildman–Crippen MR) is 82.2 cm³/mol. The summed E-state index contributed by atoms with van der Waals surface area (Å²) in [7, 11) is 0. The van der Waals surface area contributed by atoms with Gasteiger partial charge in [-0.1, -0.05) is 28.1 Å². The van der Waals surface area contributed by atoms with E-state index in [9.17, 15) is 4.79 Å². The van der Waals surface area contributed by atoms with E-state index < -0.39 is 0 Å². The SMILES string of the molecule is C[C@@H](NC(=O)c1ccnc(CN)c1)c1cccc(Br)c1. The maximum atomic E-state index is 12.2. The van der Waals surface area contributed by atoms with Gasteiger partial charge in [-0.05, 0) is 36.8 Å². The number of hydrogen-bond donors (Lipinski definition) is 2. The molecule has 2 aromatic rings. The molecule has 5 heteroatoms. The van der Waals surface area contributed by atoms with Gasteiger partial charge in [0.05, 0.1) is 11.7 Å². The fraction of sp³-hybridized carbons (Fsp3) is 0.200. The van der Waals surface area contributed by atoms with Crippen molar-refractivity contribution >= 4 is 21.8 Å². The van der Waals surface area contributed by atoms with Crippen molar-refractivity contribution in [3.63, 3.8) is 0 Å². The molecule has 1 aromatic carbocycles. The molecule has 0 bridgehead atoms. The third-order valence-corrected chi connectivity index (χ3v) is 3.48. The molecule has 0 radical (unpaired) electrons. The van der Waals surface area contributed by atoms with E-state index in [0.717, 1.165) is 10.0 Å². The number of halogens is 1. The van der Waals surface area contributed by atoms with Crippen molar-refractivity contribution in [3.05, 3.63) is 63.9 Å². The summed E-state index contributed by atoms with van der Waals surface area (Å²) in [4.78, 5) is 16.3. The van der Waals surface area contributed by atoms with Gasteiger partial charge < -0.3 is 11.1 Å². The molecule has 0 unspecified atom stereocenters. The lowest BCUT2D eigenvalue weighted by Gasteiger charge is -2.15. The summed E-state index contributed by atoms with van der Waals surface area (Å²) in [6.07, 6.45) is 1.60. The van der Waals surface area contributed by atoms with E-state index in [1.807, 2.05) is 31.2 Å². The van der Waals surface area contributed by atoms with Crippen LogP contribution in [0.2, 0.25) is 0 Å². The van der Waals surface area contributed by atoms with E-state index in [4.69, 9.17) is 5.73 Å². The number of benzene rings is 1. The highest BCUT2D eigenvalue weighted by molar-refractivity contribution is 9.10. The van der Waals surface area contributed by atoms with Crippen LogP contribution in [0.3, 0.4) is 0 Å². The molecule has 1 atom stereocenters. The zero-order valence-electron chi connectivity index (χ0n) is 11.1. The van der Waals surface area contributed by atoms with Crippen LogP contribution in [0.5, 0.6) is 0 Å². The largest absolute Gasteiger partial charge is 0.346 e. The van der Waals surface area contributed by atoms with Crippen molar-refractivity contribution in [1.82, 2.24) is 10.3 Å². The number of amides is 1. The molecule has 0 spiro atoms. The minimum atomic E-state index is -0.130. The van der Waals surface area contributed by atoms with Crippen molar-refractivity contribution < 1.29 is 4.79 Å². The molecule has 4 nitrogen and oxygen atoms in total. The standard InChI is InChI=1S/C15H16BrN3O/c1-10(11-3-2-4-13(16)7-11)19-15(20)12-5-6-18-14(8-12)9-17/h2-8,10H,9,17H2,1H3,(H,19,20)/t10-/m1/s1. The first kappa shape index (κ1) is 14.7. The average molecular weight is 334 g/mol. The van der Waals surface area contributed by atoms with Crippen LogP contribution in [-0.2, 0) is 6.54 Å². The number of nitrogens with two attached hydrogens (primary N) is 1. The number of carbonyl (C=O) groups excluding carboxylic acids is 1. The monoisotopic (exact) mass is 333 g/mol. The van der Waals surface area contributed by atoms with Crippen LogP contribution in [0, 0.1) is 0 Å². The second kappa shape index (κ2) is 6.63. The molecule has 1 amide bonds. The highest BCUT2D eigenvalue weighted by Gasteiger charge is 2.12. The van der Waals surface area contributed by atoms with Crippen LogP contribution in [0.25, 0.3) is 0 Å². The summed E-state index contributed by atoms with van der Waals surface area (Å²) in [6, 6.07) is 11.2. The molecule has 0 fully saturated rings. The summed E-state index contributed by atoms with van der Waals surface area (Å²) < 4.78 is 0.991. The predicted octanol–water partition coefficient (Wildman–Crippen LogP) is 2.79. The molecular weight excluding hydrogens is 318 g/mol. The van der Waals surface area contributed by atoms with Crippen molar-refractivity contribution in [2.45, 2.75) is 19.5 Å². The summed E-state index contributed by atoms with van der Waals surface area (Å²) in [5.74, 6) is -0.130. The lowest BCUT2D eigenvalue weighted by Crippen LogP contribution is -2.26. The van der Waals surface area contributed by atoms with Crippen LogP contribution >= 0.6 is 15.9 Å². The first-order valence-corrected chi connectivity index (χ1v) is 7.11. The molecule has 1 aromatic heterocycles. The molecular formula is C15H16BrN3O. The van der Waals surface area contributed by atoms with E-state index >= 15 is 0 Å². The summed E-state index contributed by atoms with van der Waals surface area (Å²) in [6.45, 7) is 2.27. The van der Waals surface area contributed by atoms with Gasteiger partial charge in [-0.25, -0.2) is 0 Å². The Hall–Kier alpha value is -1.72. The molecule has 0 saturated carbocycles. The van der Waals surface area contributed by atoms with Crippen molar-refractivity contribution in [3.8, 4) is 0 Å². The molecule has 0 saturated heterocycles. The summed E-state index contributed by atoms with van der Waals surface area (Å²) in [5, 5.41) is 2.96. The number of aromatic nitrogens is 1. The average Bonchev–Trinajstić information content (AvgIpc) is 2.47. The number of hydrogen-bond acceptors (Lipinski definition) is 3. The van der Waals surface area contributed by atoms with Crippen LogP contribution in [0.15, 0.2) is 47.1 Å². The van der Waals surface area contributed by atoms with E-state index in [2.05, 4.69) is 26.2 Å². The minimum Gasteiger partial charge on any atom is -0.346 e. The Bertz CT molecular complexity index is 616. The number of pyridine rings is 1. The Morgan fingerprint density at radius 2 is 2.20 bits per heavy atom. The first-order chi connectivity index (χ1) is 9.60. The zero-order chi connectivity index (χ0) is 14.5. The Labute approximate surface area is 126 Å². The van der Waals surface area contributed by atoms with Crippen LogP contribution in [0.4, 0.5) is 0 Å². The van der Waals surface area contributed by atoms with Gasteiger partial charge in [-0.3, -0.25) is 9.78 Å². The number of nitrogens with one attached hydrogen (secondary N) is 1. The van der Waals surface area contributed by atoms with Crippen LogP contribution in [0.1, 0.15) is 34.6 Å². The minimum absolute atomic E-state index is 0.0745. The molecule has 0 aliphatic heterocycles. The van der Waals surface area contributed by atoms with E-state index in [-0.39, 0.29) is 11.9 Å². The van der Waals surface area contributed by atoms with Crippen LogP contribution < -0.4 is 11.1 Å². The molecule has 2 rings (SSSR count). The molecule has 1 heterocycles. The highest BCUT2D eigenvalue weighted by atomic mass is 79.9. The van der Waals surface area contributed by atoms with Gasteiger partial charge in [-0.2, -0.15) is 0 Å². The lowest BCUT2D eigenvalue weighted by molar-refractivity contribution is 0.0939. The quantitative estimate of drug-likeness (QED) is 0.903. The van der Waals surface area contributed by atoms with Gasteiger partial charge in [-0.15, -0.1) is 0 Å². The summed E-state index contributed by atoms with van der Waals surface area (Å²) >= 11 is 3.43. The molecule has 104 valence electrons. The van der Waals surface area contributed by atoms with Gasteiger partial charge in [0, 0.05) is 22.8 Å². The smallest absolute Gasteiger partial charge is 0.251 e. The number of carbonyl (C=O) groups is 1. The highest BCUT2D eigenvalue weighted by Crippen LogP contribution is 2.18. The number of nitrogens with zero attached hydrogens (tertiary/aromatic N) is 1. The molecule has 0 aliphatic carbocycles. The second-order valence-electron chi connectivity index (χ2n) is 4.49. The van der Waals surface area contributed by atoms with Gasteiger partial charge in [0.25, 0.3) is 5.91 Å². The first-order valence-electron chi connectivity index (χ1n) is 6.31. The lowest BCUT2D eigenvalue weighted by atomic mass is 10.1. The summed E-state index contributed by atoms with van der Waals surface area (Å²) in [5.41, 5.74) is 7.84. The third-order valence-electron chi connectivity index (χ3n) is 2.98. The van der Waals surface area contributed by atoms with Crippen molar-refractivity contribution in [2.75, 3.05) is 0 Å². The normalized spacial score (nSPS) is 11.9. The molecule has 3 N–H and O–H groups in total.